The smallest absolute Gasteiger partial charge is 0.305 e. The molecule has 0 heterocycles. The first-order chi connectivity index (χ1) is 12.2. The summed E-state index contributed by atoms with van der Waals surface area (Å²) in [6, 6.07) is 0. The highest BCUT2D eigenvalue weighted by Gasteiger charge is 2.03. The fraction of sp³-hybridized carbons (Fsp3) is 0.696. The second kappa shape index (κ2) is 19.0. The highest BCUT2D eigenvalue weighted by atomic mass is 16.5. The Balaban J connectivity index is 3.31. The van der Waals surface area contributed by atoms with Gasteiger partial charge < -0.3 is 4.74 Å². The largest absolute Gasteiger partial charge is 0.466 e. The molecule has 0 aromatic heterocycles. The Morgan fingerprint density at radius 3 is 2.12 bits per heavy atom. The molecular weight excluding hydrogens is 308 g/mol. The van der Waals surface area contributed by atoms with Crippen molar-refractivity contribution in [1.29, 1.82) is 0 Å². The van der Waals surface area contributed by atoms with Gasteiger partial charge in [-0.15, -0.1) is 0 Å². The standard InChI is InChI=1S/C23H40O2/c1-4-5-6-7-8-9-10-11-12-13-14-15-16-17-18-19-23(24)25-21-20-22(2)3/h5-6,8-9,11-12,22H,4,7,10,13-21H2,1-3H3/b6-5-,9-8-,12-11-. The van der Waals surface area contributed by atoms with Gasteiger partial charge >= 0.3 is 5.97 Å². The molecule has 0 aromatic carbocycles. The van der Waals surface area contributed by atoms with E-state index in [-0.39, 0.29) is 5.97 Å². The zero-order valence-electron chi connectivity index (χ0n) is 16.8. The second-order valence-electron chi connectivity index (χ2n) is 7.00. The van der Waals surface area contributed by atoms with Gasteiger partial charge in [-0.25, -0.2) is 0 Å². The van der Waals surface area contributed by atoms with E-state index >= 15 is 0 Å². The van der Waals surface area contributed by atoms with E-state index in [0.29, 0.717) is 18.9 Å². The van der Waals surface area contributed by atoms with Gasteiger partial charge in [0.05, 0.1) is 6.61 Å². The van der Waals surface area contributed by atoms with Gasteiger partial charge in [-0.3, -0.25) is 4.79 Å². The molecule has 0 aromatic rings. The summed E-state index contributed by atoms with van der Waals surface area (Å²) in [4.78, 5) is 11.5. The maximum atomic E-state index is 11.5. The summed E-state index contributed by atoms with van der Waals surface area (Å²) < 4.78 is 5.21. The van der Waals surface area contributed by atoms with Crippen LogP contribution in [0.25, 0.3) is 0 Å². The minimum absolute atomic E-state index is 0.0261. The number of esters is 1. The van der Waals surface area contributed by atoms with Crippen molar-refractivity contribution < 1.29 is 9.53 Å². The molecular formula is C23H40O2. The molecule has 0 fully saturated rings. The molecule has 2 heteroatoms. The molecule has 0 rings (SSSR count). The Kier molecular flexibility index (Phi) is 18.0. The van der Waals surface area contributed by atoms with E-state index in [2.05, 4.69) is 57.2 Å². The van der Waals surface area contributed by atoms with E-state index in [4.69, 9.17) is 4.74 Å². The fourth-order valence-electron chi connectivity index (χ4n) is 2.37. The number of carbonyl (C=O) groups excluding carboxylic acids is 1. The van der Waals surface area contributed by atoms with Crippen LogP contribution in [0.5, 0.6) is 0 Å². The number of carbonyl (C=O) groups is 1. The third-order valence-corrected chi connectivity index (χ3v) is 3.99. The minimum Gasteiger partial charge on any atom is -0.466 e. The van der Waals surface area contributed by atoms with Crippen LogP contribution in [0.4, 0.5) is 0 Å². The molecule has 0 saturated carbocycles. The molecule has 0 atom stereocenters. The van der Waals surface area contributed by atoms with Crippen molar-refractivity contribution in [2.75, 3.05) is 6.61 Å². The molecule has 2 nitrogen and oxygen atoms in total. The lowest BCUT2D eigenvalue weighted by Crippen LogP contribution is -2.07. The monoisotopic (exact) mass is 348 g/mol. The first kappa shape index (κ1) is 23.7. The van der Waals surface area contributed by atoms with E-state index < -0.39 is 0 Å². The number of hydrogen-bond acceptors (Lipinski definition) is 2. The summed E-state index contributed by atoms with van der Waals surface area (Å²) in [5.41, 5.74) is 0. The van der Waals surface area contributed by atoms with Crippen LogP contribution in [-0.4, -0.2) is 12.6 Å². The first-order valence-electron chi connectivity index (χ1n) is 10.3. The van der Waals surface area contributed by atoms with Crippen molar-refractivity contribution in [2.45, 2.75) is 91.4 Å². The van der Waals surface area contributed by atoms with Gasteiger partial charge in [0.25, 0.3) is 0 Å². The van der Waals surface area contributed by atoms with Crippen LogP contribution in [0.3, 0.4) is 0 Å². The summed E-state index contributed by atoms with van der Waals surface area (Å²) in [7, 11) is 0. The summed E-state index contributed by atoms with van der Waals surface area (Å²) in [6.07, 6.45) is 25.2. The minimum atomic E-state index is -0.0261. The van der Waals surface area contributed by atoms with Gasteiger partial charge in [-0.2, -0.15) is 0 Å². The van der Waals surface area contributed by atoms with Crippen LogP contribution in [0.1, 0.15) is 91.4 Å². The van der Waals surface area contributed by atoms with Gasteiger partial charge in [0.1, 0.15) is 0 Å². The van der Waals surface area contributed by atoms with Crippen LogP contribution in [0.2, 0.25) is 0 Å². The highest BCUT2D eigenvalue weighted by molar-refractivity contribution is 5.69. The van der Waals surface area contributed by atoms with Crippen LogP contribution in [0, 0.1) is 5.92 Å². The Morgan fingerprint density at radius 2 is 1.44 bits per heavy atom. The summed E-state index contributed by atoms with van der Waals surface area (Å²) in [5.74, 6) is 0.572. The predicted octanol–water partition coefficient (Wildman–Crippen LogP) is 7.17. The van der Waals surface area contributed by atoms with Crippen molar-refractivity contribution in [1.82, 2.24) is 0 Å². The lowest BCUT2D eigenvalue weighted by Gasteiger charge is -2.06. The predicted molar refractivity (Wildman–Crippen MR) is 110 cm³/mol. The van der Waals surface area contributed by atoms with E-state index in [0.717, 1.165) is 38.5 Å². The molecule has 0 amide bonds. The lowest BCUT2D eigenvalue weighted by molar-refractivity contribution is -0.144. The Labute approximate surface area is 156 Å². The Morgan fingerprint density at radius 1 is 0.840 bits per heavy atom. The lowest BCUT2D eigenvalue weighted by atomic mass is 10.1. The summed E-state index contributed by atoms with van der Waals surface area (Å²) >= 11 is 0. The number of unbranched alkanes of at least 4 members (excludes halogenated alkanes) is 5. The average Bonchev–Trinajstić information content (AvgIpc) is 2.58. The van der Waals surface area contributed by atoms with Gasteiger partial charge in [-0.1, -0.05) is 76.5 Å². The molecule has 0 N–H and O–H groups in total. The normalized spacial score (nSPS) is 12.2. The number of ether oxygens (including phenoxy) is 1. The maximum absolute atomic E-state index is 11.5. The van der Waals surface area contributed by atoms with E-state index in [9.17, 15) is 4.79 Å². The van der Waals surface area contributed by atoms with Crippen LogP contribution < -0.4 is 0 Å². The zero-order valence-corrected chi connectivity index (χ0v) is 16.8. The van der Waals surface area contributed by atoms with Crippen molar-refractivity contribution >= 4 is 5.97 Å². The number of allylic oxidation sites excluding steroid dienone is 6. The van der Waals surface area contributed by atoms with Gasteiger partial charge in [0, 0.05) is 6.42 Å². The molecule has 0 bridgehead atoms. The van der Waals surface area contributed by atoms with Gasteiger partial charge in [-0.05, 0) is 50.9 Å². The van der Waals surface area contributed by atoms with Crippen LogP contribution in [-0.2, 0) is 9.53 Å². The van der Waals surface area contributed by atoms with E-state index in [1.165, 1.54) is 25.7 Å². The molecule has 144 valence electrons. The molecule has 0 aliphatic carbocycles. The summed E-state index contributed by atoms with van der Waals surface area (Å²) in [6.45, 7) is 7.03. The second-order valence-corrected chi connectivity index (χ2v) is 7.00. The van der Waals surface area contributed by atoms with Crippen molar-refractivity contribution in [3.63, 3.8) is 0 Å². The molecule has 0 spiro atoms. The van der Waals surface area contributed by atoms with Crippen LogP contribution in [0.15, 0.2) is 36.5 Å². The van der Waals surface area contributed by atoms with Crippen molar-refractivity contribution in [2.24, 2.45) is 5.92 Å². The maximum Gasteiger partial charge on any atom is 0.305 e. The molecule has 0 aliphatic heterocycles. The van der Waals surface area contributed by atoms with Crippen LogP contribution >= 0.6 is 0 Å². The Bertz CT molecular complexity index is 378. The third-order valence-electron chi connectivity index (χ3n) is 3.99. The SMILES string of the molecule is CC/C=C\C/C=C\C/C=C\CCCCCCCC(=O)OCCC(C)C. The van der Waals surface area contributed by atoms with E-state index in [1.807, 2.05) is 0 Å². The Hall–Kier alpha value is -1.31. The molecule has 0 unspecified atom stereocenters. The van der Waals surface area contributed by atoms with E-state index in [1.54, 1.807) is 0 Å². The zero-order chi connectivity index (χ0) is 18.6. The molecule has 0 saturated heterocycles. The van der Waals surface area contributed by atoms with Gasteiger partial charge in [0.15, 0.2) is 0 Å². The van der Waals surface area contributed by atoms with Crippen molar-refractivity contribution in [3.05, 3.63) is 36.5 Å². The molecule has 0 radical (unpaired) electrons. The first-order valence-corrected chi connectivity index (χ1v) is 10.3. The third kappa shape index (κ3) is 20.6. The summed E-state index contributed by atoms with van der Waals surface area (Å²) in [5, 5.41) is 0. The topological polar surface area (TPSA) is 26.3 Å². The van der Waals surface area contributed by atoms with Gasteiger partial charge in [0.2, 0.25) is 0 Å². The highest BCUT2D eigenvalue weighted by Crippen LogP contribution is 2.09. The number of hydrogen-bond donors (Lipinski definition) is 0. The number of rotatable bonds is 16. The van der Waals surface area contributed by atoms with Crippen molar-refractivity contribution in [3.8, 4) is 0 Å². The molecule has 25 heavy (non-hydrogen) atoms. The quantitative estimate of drug-likeness (QED) is 0.168. The molecule has 0 aliphatic rings. The average molecular weight is 349 g/mol. The fourth-order valence-corrected chi connectivity index (χ4v) is 2.37.